The zero-order valence-electron chi connectivity index (χ0n) is 18.4. The molecule has 0 spiro atoms. The van der Waals surface area contributed by atoms with E-state index >= 15 is 0 Å². The summed E-state index contributed by atoms with van der Waals surface area (Å²) in [5.74, 6) is -4.86. The average molecular weight is 476 g/mol. The number of carbonyl (C=O) groups excluding carboxylic acids is 4. The number of aliphatic hydroxyl groups excluding tert-OH is 1. The van der Waals surface area contributed by atoms with E-state index in [9.17, 15) is 34.2 Å². The van der Waals surface area contributed by atoms with E-state index in [0.29, 0.717) is 5.56 Å². The Balaban J connectivity index is 2.33. The van der Waals surface area contributed by atoms with Gasteiger partial charge >= 0.3 is 5.97 Å². The van der Waals surface area contributed by atoms with Gasteiger partial charge in [0, 0.05) is 23.5 Å². The quantitative estimate of drug-likeness (QED) is 0.162. The molecule has 0 bridgehead atoms. The van der Waals surface area contributed by atoms with Crippen LogP contribution in [-0.2, 0) is 30.4 Å². The third-order valence-electron chi connectivity index (χ3n) is 5.02. The van der Waals surface area contributed by atoms with E-state index in [0.717, 1.165) is 10.9 Å². The molecule has 0 aliphatic heterocycles. The molecule has 0 aliphatic rings. The molecule has 13 nitrogen and oxygen atoms in total. The standard InChI is InChI=1S/C21H28N6O7/c1-10(28)18(21(33)34)27-20(32)14(6-11-9-24-13-5-3-2-4-12(11)13)26-19(31)15(7-16(23)29)25-17(30)8-22/h2-5,9-10,14-15,18,24,28H,6-8,22H2,1H3,(H2,23,29)(H,25,30)(H,26,31)(H,27,32)(H,33,34). The number of aliphatic hydroxyl groups is 1. The van der Waals surface area contributed by atoms with E-state index in [4.69, 9.17) is 11.5 Å². The lowest BCUT2D eigenvalue weighted by Crippen LogP contribution is -2.58. The Morgan fingerprint density at radius 1 is 1.03 bits per heavy atom. The molecule has 4 atom stereocenters. The van der Waals surface area contributed by atoms with Gasteiger partial charge in [0.2, 0.25) is 23.6 Å². The number of hydrogen-bond donors (Lipinski definition) is 8. The lowest BCUT2D eigenvalue weighted by Gasteiger charge is -2.25. The number of H-pyrrole nitrogens is 1. The summed E-state index contributed by atoms with van der Waals surface area (Å²) in [7, 11) is 0. The molecule has 1 aromatic carbocycles. The van der Waals surface area contributed by atoms with Crippen molar-refractivity contribution in [3.05, 3.63) is 36.0 Å². The molecule has 0 aliphatic carbocycles. The first-order valence-electron chi connectivity index (χ1n) is 10.4. The van der Waals surface area contributed by atoms with Gasteiger partial charge in [-0.3, -0.25) is 19.2 Å². The minimum absolute atomic E-state index is 0.0676. The first-order valence-corrected chi connectivity index (χ1v) is 10.4. The van der Waals surface area contributed by atoms with Crippen LogP contribution in [0.3, 0.4) is 0 Å². The molecule has 4 unspecified atom stereocenters. The number of benzene rings is 1. The van der Waals surface area contributed by atoms with Gasteiger partial charge in [-0.05, 0) is 18.6 Å². The fraction of sp³-hybridized carbons (Fsp3) is 0.381. The molecule has 4 amide bonds. The Labute approximate surface area is 194 Å². The van der Waals surface area contributed by atoms with Gasteiger partial charge in [-0.15, -0.1) is 0 Å². The van der Waals surface area contributed by atoms with Crippen molar-refractivity contribution in [1.29, 1.82) is 0 Å². The maximum absolute atomic E-state index is 13.0. The minimum atomic E-state index is -1.63. The summed E-state index contributed by atoms with van der Waals surface area (Å²) in [6.45, 7) is 0.744. The molecule has 13 heteroatoms. The van der Waals surface area contributed by atoms with Gasteiger partial charge < -0.3 is 42.6 Å². The van der Waals surface area contributed by atoms with Crippen LogP contribution >= 0.6 is 0 Å². The van der Waals surface area contributed by atoms with Crippen molar-refractivity contribution in [2.75, 3.05) is 6.54 Å². The largest absolute Gasteiger partial charge is 0.480 e. The normalized spacial score (nSPS) is 14.4. The summed E-state index contributed by atoms with van der Waals surface area (Å²) in [5.41, 5.74) is 11.8. The number of aromatic amines is 1. The second-order valence-corrected chi connectivity index (χ2v) is 7.68. The van der Waals surface area contributed by atoms with Crippen LogP contribution < -0.4 is 27.4 Å². The maximum atomic E-state index is 13.0. The predicted octanol–water partition coefficient (Wildman–Crippen LogP) is -2.54. The van der Waals surface area contributed by atoms with Gasteiger partial charge in [0.25, 0.3) is 0 Å². The fourth-order valence-electron chi connectivity index (χ4n) is 3.31. The number of nitrogens with one attached hydrogen (secondary N) is 4. The molecule has 1 aromatic heterocycles. The molecule has 2 rings (SSSR count). The molecule has 0 radical (unpaired) electrons. The number of aromatic nitrogens is 1. The number of rotatable bonds is 12. The Kier molecular flexibility index (Phi) is 9.10. The van der Waals surface area contributed by atoms with Crippen LogP contribution in [0.25, 0.3) is 10.9 Å². The summed E-state index contributed by atoms with van der Waals surface area (Å²) in [6, 6.07) is 2.84. The lowest BCUT2D eigenvalue weighted by molar-refractivity contribution is -0.145. The summed E-state index contributed by atoms with van der Waals surface area (Å²) in [4.78, 5) is 63.4. The van der Waals surface area contributed by atoms with Gasteiger partial charge in [-0.1, -0.05) is 18.2 Å². The van der Waals surface area contributed by atoms with Crippen molar-refractivity contribution in [2.45, 2.75) is 44.0 Å². The Hall–Kier alpha value is -3.97. The van der Waals surface area contributed by atoms with Crippen LogP contribution in [0.1, 0.15) is 18.9 Å². The summed E-state index contributed by atoms with van der Waals surface area (Å²) < 4.78 is 0. The summed E-state index contributed by atoms with van der Waals surface area (Å²) >= 11 is 0. The van der Waals surface area contributed by atoms with Gasteiger partial charge in [0.15, 0.2) is 6.04 Å². The molecule has 2 aromatic rings. The SMILES string of the molecule is CC(O)C(NC(=O)C(Cc1c[nH]c2ccccc12)NC(=O)C(CC(N)=O)NC(=O)CN)C(=O)O. The maximum Gasteiger partial charge on any atom is 0.328 e. The van der Waals surface area contributed by atoms with Gasteiger partial charge in [0.1, 0.15) is 12.1 Å². The molecular formula is C21H28N6O7. The summed E-state index contributed by atoms with van der Waals surface area (Å²) in [5, 5.41) is 26.7. The van der Waals surface area contributed by atoms with Crippen molar-refractivity contribution in [3.8, 4) is 0 Å². The van der Waals surface area contributed by atoms with Crippen LogP contribution in [0, 0.1) is 0 Å². The van der Waals surface area contributed by atoms with Crippen molar-refractivity contribution < 1.29 is 34.2 Å². The zero-order valence-corrected chi connectivity index (χ0v) is 18.4. The van der Waals surface area contributed by atoms with E-state index in [1.54, 1.807) is 18.3 Å². The van der Waals surface area contributed by atoms with E-state index in [-0.39, 0.29) is 6.42 Å². The molecule has 1 heterocycles. The Bertz CT molecular complexity index is 1070. The number of amides is 4. The number of nitrogens with two attached hydrogens (primary N) is 2. The van der Waals surface area contributed by atoms with E-state index in [1.165, 1.54) is 6.92 Å². The van der Waals surface area contributed by atoms with Crippen LogP contribution in [-0.4, -0.2) is 75.6 Å². The molecule has 0 fully saturated rings. The minimum Gasteiger partial charge on any atom is -0.480 e. The van der Waals surface area contributed by atoms with Crippen molar-refractivity contribution >= 4 is 40.5 Å². The smallest absolute Gasteiger partial charge is 0.328 e. The highest BCUT2D eigenvalue weighted by molar-refractivity contribution is 5.96. The first kappa shape index (κ1) is 26.3. The van der Waals surface area contributed by atoms with Crippen LogP contribution in [0.4, 0.5) is 0 Å². The zero-order chi connectivity index (χ0) is 25.4. The van der Waals surface area contributed by atoms with Crippen LogP contribution in [0.15, 0.2) is 30.5 Å². The second-order valence-electron chi connectivity index (χ2n) is 7.68. The first-order chi connectivity index (χ1) is 16.0. The van der Waals surface area contributed by atoms with E-state index in [2.05, 4.69) is 20.9 Å². The lowest BCUT2D eigenvalue weighted by atomic mass is 10.0. The highest BCUT2D eigenvalue weighted by Crippen LogP contribution is 2.19. The number of primary amides is 1. The number of carboxylic acid groups (broad SMARTS) is 1. The fourth-order valence-corrected chi connectivity index (χ4v) is 3.31. The van der Waals surface area contributed by atoms with Crippen molar-refractivity contribution in [3.63, 3.8) is 0 Å². The number of aliphatic carboxylic acids is 1. The molecule has 0 saturated carbocycles. The molecule has 0 saturated heterocycles. The highest BCUT2D eigenvalue weighted by Gasteiger charge is 2.32. The third-order valence-corrected chi connectivity index (χ3v) is 5.02. The topological polar surface area (TPSA) is 230 Å². The van der Waals surface area contributed by atoms with Crippen molar-refractivity contribution in [1.82, 2.24) is 20.9 Å². The Morgan fingerprint density at radius 2 is 1.68 bits per heavy atom. The number of hydrogen-bond acceptors (Lipinski definition) is 7. The monoisotopic (exact) mass is 476 g/mol. The second kappa shape index (κ2) is 11.8. The third kappa shape index (κ3) is 7.02. The van der Waals surface area contributed by atoms with Crippen LogP contribution in [0.5, 0.6) is 0 Å². The average Bonchev–Trinajstić information content (AvgIpc) is 3.18. The van der Waals surface area contributed by atoms with Gasteiger partial charge in [-0.2, -0.15) is 0 Å². The van der Waals surface area contributed by atoms with Crippen molar-refractivity contribution in [2.24, 2.45) is 11.5 Å². The highest BCUT2D eigenvalue weighted by atomic mass is 16.4. The molecular weight excluding hydrogens is 448 g/mol. The number of para-hydroxylation sites is 1. The molecule has 184 valence electrons. The van der Waals surface area contributed by atoms with E-state index < -0.39 is 66.8 Å². The van der Waals surface area contributed by atoms with Gasteiger partial charge in [0.05, 0.1) is 19.1 Å². The number of carboxylic acids is 1. The van der Waals surface area contributed by atoms with Crippen LogP contribution in [0.2, 0.25) is 0 Å². The molecule has 34 heavy (non-hydrogen) atoms. The number of carbonyl (C=O) groups is 5. The summed E-state index contributed by atoms with van der Waals surface area (Å²) in [6.07, 6.45) is -0.401. The Morgan fingerprint density at radius 3 is 2.26 bits per heavy atom. The van der Waals surface area contributed by atoms with E-state index in [1.807, 2.05) is 12.1 Å². The van der Waals surface area contributed by atoms with Gasteiger partial charge in [-0.25, -0.2) is 4.79 Å². The number of fused-ring (bicyclic) bond motifs is 1. The predicted molar refractivity (Wildman–Crippen MR) is 120 cm³/mol. The molecule has 10 N–H and O–H groups in total.